The fraction of sp³-hybridized carbons (Fsp3) is 0.294. The predicted molar refractivity (Wildman–Crippen MR) is 97.4 cm³/mol. The van der Waals surface area contributed by atoms with Crippen molar-refractivity contribution in [2.75, 3.05) is 5.32 Å². The molecular weight excluding hydrogens is 425 g/mol. The molecule has 0 bridgehead atoms. The summed E-state index contributed by atoms with van der Waals surface area (Å²) in [5.41, 5.74) is 4.06. The predicted octanol–water partition coefficient (Wildman–Crippen LogP) is 5.72. The first-order valence-electron chi connectivity index (χ1n) is 6.90. The van der Waals surface area contributed by atoms with Crippen LogP contribution < -0.4 is 5.32 Å². The van der Waals surface area contributed by atoms with Crippen LogP contribution in [-0.2, 0) is 0 Å². The second-order valence-corrected chi connectivity index (χ2v) is 7.60. The van der Waals surface area contributed by atoms with Crippen LogP contribution in [0, 0.1) is 10.5 Å². The van der Waals surface area contributed by atoms with Gasteiger partial charge in [-0.15, -0.1) is 0 Å². The molecular formula is C17H17BrIN. The molecule has 3 heteroatoms. The van der Waals surface area contributed by atoms with Crippen LogP contribution in [0.4, 0.5) is 5.69 Å². The Kier molecular flexibility index (Phi) is 4.36. The molecule has 1 saturated carbocycles. The van der Waals surface area contributed by atoms with Crippen molar-refractivity contribution in [2.45, 2.75) is 31.7 Å². The van der Waals surface area contributed by atoms with Crippen molar-refractivity contribution in [3.8, 4) is 0 Å². The lowest BCUT2D eigenvalue weighted by atomic mass is 9.76. The van der Waals surface area contributed by atoms with Crippen molar-refractivity contribution in [3.05, 3.63) is 61.6 Å². The number of benzene rings is 2. The monoisotopic (exact) mass is 441 g/mol. The Morgan fingerprint density at radius 1 is 1.10 bits per heavy atom. The molecule has 1 aliphatic rings. The molecule has 1 fully saturated rings. The summed E-state index contributed by atoms with van der Waals surface area (Å²) in [6.07, 6.45) is 2.46. The standard InChI is InChI=1S/C17H17BrIN/c1-11-2-7-15(10-17(11)19)20-16-8-13(9-16)12-3-5-14(18)6-4-12/h2-7,10,13,16,20H,8-9H2,1H3. The molecule has 1 nitrogen and oxygen atoms in total. The first-order valence-corrected chi connectivity index (χ1v) is 8.77. The van der Waals surface area contributed by atoms with E-state index >= 15 is 0 Å². The molecule has 0 aromatic heterocycles. The molecule has 0 unspecified atom stereocenters. The lowest BCUT2D eigenvalue weighted by molar-refractivity contribution is 0.374. The highest BCUT2D eigenvalue weighted by Gasteiger charge is 2.30. The minimum absolute atomic E-state index is 0.613. The number of rotatable bonds is 3. The normalized spacial score (nSPS) is 21.4. The highest BCUT2D eigenvalue weighted by molar-refractivity contribution is 14.1. The van der Waals surface area contributed by atoms with E-state index in [2.05, 4.69) is 93.2 Å². The van der Waals surface area contributed by atoms with Crippen LogP contribution in [0.3, 0.4) is 0 Å². The zero-order valence-corrected chi connectivity index (χ0v) is 15.1. The van der Waals surface area contributed by atoms with Crippen LogP contribution in [0.2, 0.25) is 0 Å². The lowest BCUT2D eigenvalue weighted by Crippen LogP contribution is -2.34. The van der Waals surface area contributed by atoms with Gasteiger partial charge in [-0.25, -0.2) is 0 Å². The van der Waals surface area contributed by atoms with Gasteiger partial charge in [-0.3, -0.25) is 0 Å². The molecule has 0 spiro atoms. The van der Waals surface area contributed by atoms with E-state index in [1.54, 1.807) is 0 Å². The number of anilines is 1. The minimum atomic E-state index is 0.613. The largest absolute Gasteiger partial charge is 0.382 e. The van der Waals surface area contributed by atoms with Gasteiger partial charge in [0.1, 0.15) is 0 Å². The summed E-state index contributed by atoms with van der Waals surface area (Å²) in [7, 11) is 0. The van der Waals surface area contributed by atoms with Gasteiger partial charge in [0.15, 0.2) is 0 Å². The van der Waals surface area contributed by atoms with Crippen molar-refractivity contribution in [3.63, 3.8) is 0 Å². The zero-order valence-electron chi connectivity index (χ0n) is 11.4. The second-order valence-electron chi connectivity index (χ2n) is 5.53. The molecule has 2 aromatic carbocycles. The van der Waals surface area contributed by atoms with Crippen molar-refractivity contribution in [1.82, 2.24) is 0 Å². The molecule has 0 aliphatic heterocycles. The van der Waals surface area contributed by atoms with E-state index in [9.17, 15) is 0 Å². The molecule has 0 saturated heterocycles. The highest BCUT2D eigenvalue weighted by Crippen LogP contribution is 2.39. The number of aryl methyl sites for hydroxylation is 1. The lowest BCUT2D eigenvalue weighted by Gasteiger charge is -2.37. The van der Waals surface area contributed by atoms with Crippen molar-refractivity contribution >= 4 is 44.2 Å². The summed E-state index contributed by atoms with van der Waals surface area (Å²) >= 11 is 5.89. The fourth-order valence-electron chi connectivity index (χ4n) is 2.66. The fourth-order valence-corrected chi connectivity index (χ4v) is 3.44. The number of hydrogen-bond acceptors (Lipinski definition) is 1. The highest BCUT2D eigenvalue weighted by atomic mass is 127. The first kappa shape index (κ1) is 14.4. The summed E-state index contributed by atoms with van der Waals surface area (Å²) in [6.45, 7) is 2.15. The van der Waals surface area contributed by atoms with Gasteiger partial charge in [-0.2, -0.15) is 0 Å². The molecule has 1 N–H and O–H groups in total. The van der Waals surface area contributed by atoms with Gasteiger partial charge < -0.3 is 5.32 Å². The van der Waals surface area contributed by atoms with Crippen LogP contribution in [0.15, 0.2) is 46.9 Å². The quantitative estimate of drug-likeness (QED) is 0.600. The Morgan fingerprint density at radius 3 is 2.45 bits per heavy atom. The topological polar surface area (TPSA) is 12.0 Å². The molecule has 1 aliphatic carbocycles. The van der Waals surface area contributed by atoms with E-state index < -0.39 is 0 Å². The first-order chi connectivity index (χ1) is 9.61. The molecule has 0 radical (unpaired) electrons. The van der Waals surface area contributed by atoms with Gasteiger partial charge in [0.05, 0.1) is 0 Å². The third-order valence-corrected chi connectivity index (χ3v) is 5.71. The van der Waals surface area contributed by atoms with Crippen LogP contribution >= 0.6 is 38.5 Å². The van der Waals surface area contributed by atoms with Gasteiger partial charge in [0, 0.05) is 19.8 Å². The number of nitrogens with one attached hydrogen (secondary N) is 1. The van der Waals surface area contributed by atoms with E-state index in [1.165, 1.54) is 33.2 Å². The van der Waals surface area contributed by atoms with Crippen LogP contribution in [0.25, 0.3) is 0 Å². The molecule has 20 heavy (non-hydrogen) atoms. The maximum absolute atomic E-state index is 3.64. The van der Waals surface area contributed by atoms with E-state index in [-0.39, 0.29) is 0 Å². The summed E-state index contributed by atoms with van der Waals surface area (Å²) < 4.78 is 2.49. The number of hydrogen-bond donors (Lipinski definition) is 1. The Morgan fingerprint density at radius 2 is 1.80 bits per heavy atom. The zero-order chi connectivity index (χ0) is 14.1. The van der Waals surface area contributed by atoms with Gasteiger partial charge in [-0.1, -0.05) is 34.1 Å². The summed E-state index contributed by atoms with van der Waals surface area (Å²) in [5.74, 6) is 0.713. The van der Waals surface area contributed by atoms with E-state index in [0.717, 1.165) is 4.47 Å². The average Bonchev–Trinajstić information content (AvgIpc) is 2.39. The molecule has 2 aromatic rings. The maximum Gasteiger partial charge on any atom is 0.0353 e. The Hall–Kier alpha value is -0.550. The smallest absolute Gasteiger partial charge is 0.0353 e. The van der Waals surface area contributed by atoms with Crippen LogP contribution in [0.5, 0.6) is 0 Å². The van der Waals surface area contributed by atoms with Crippen LogP contribution in [0.1, 0.15) is 29.9 Å². The number of halogens is 2. The average molecular weight is 442 g/mol. The Labute approximate surface area is 142 Å². The van der Waals surface area contributed by atoms with Crippen molar-refractivity contribution in [1.29, 1.82) is 0 Å². The van der Waals surface area contributed by atoms with Gasteiger partial charge in [-0.05, 0) is 83.7 Å². The van der Waals surface area contributed by atoms with Gasteiger partial charge in [0.25, 0.3) is 0 Å². The second kappa shape index (κ2) is 6.06. The third kappa shape index (κ3) is 3.19. The molecule has 0 heterocycles. The minimum Gasteiger partial charge on any atom is -0.382 e. The van der Waals surface area contributed by atoms with Crippen LogP contribution in [-0.4, -0.2) is 6.04 Å². The Bertz CT molecular complexity index is 603. The maximum atomic E-state index is 3.64. The summed E-state index contributed by atoms with van der Waals surface area (Å²) in [4.78, 5) is 0. The van der Waals surface area contributed by atoms with E-state index in [0.29, 0.717) is 12.0 Å². The summed E-state index contributed by atoms with van der Waals surface area (Å²) in [5, 5.41) is 3.64. The van der Waals surface area contributed by atoms with Crippen molar-refractivity contribution in [2.24, 2.45) is 0 Å². The van der Waals surface area contributed by atoms with E-state index in [4.69, 9.17) is 0 Å². The summed E-state index contributed by atoms with van der Waals surface area (Å²) in [6, 6.07) is 16.0. The molecule has 104 valence electrons. The molecule has 0 atom stereocenters. The Balaban J connectivity index is 1.58. The van der Waals surface area contributed by atoms with Gasteiger partial charge >= 0.3 is 0 Å². The molecule has 0 amide bonds. The van der Waals surface area contributed by atoms with Gasteiger partial charge in [0.2, 0.25) is 0 Å². The SMILES string of the molecule is Cc1ccc(NC2CC(c3ccc(Br)cc3)C2)cc1I. The van der Waals surface area contributed by atoms with E-state index in [1.807, 2.05) is 0 Å². The van der Waals surface area contributed by atoms with Crippen molar-refractivity contribution < 1.29 is 0 Å². The molecule has 3 rings (SSSR count). The third-order valence-electron chi connectivity index (χ3n) is 4.02.